The molecule has 1 unspecified atom stereocenters. The van der Waals surface area contributed by atoms with E-state index in [0.717, 1.165) is 41.3 Å². The van der Waals surface area contributed by atoms with Gasteiger partial charge in [-0.05, 0) is 35.7 Å². The van der Waals surface area contributed by atoms with Crippen LogP contribution in [0.4, 0.5) is 4.39 Å². The van der Waals surface area contributed by atoms with Crippen molar-refractivity contribution in [2.45, 2.75) is 38.5 Å². The number of hydrogen-bond acceptors (Lipinski definition) is 1. The first-order valence-corrected chi connectivity index (χ1v) is 9.66. The summed E-state index contributed by atoms with van der Waals surface area (Å²) in [7, 11) is 2.00. The Morgan fingerprint density at radius 2 is 1.96 bits per heavy atom. The number of aromatic nitrogens is 1. The molecule has 2 aromatic carbocycles. The number of aryl methyl sites for hydroxylation is 1. The molecule has 1 atom stereocenters. The lowest BCUT2D eigenvalue weighted by Gasteiger charge is -2.17. The van der Waals surface area contributed by atoms with Gasteiger partial charge in [-0.2, -0.15) is 0 Å². The van der Waals surface area contributed by atoms with Crippen molar-refractivity contribution in [1.82, 2.24) is 9.88 Å². The highest BCUT2D eigenvalue weighted by molar-refractivity contribution is 5.86. The van der Waals surface area contributed by atoms with Gasteiger partial charge < -0.3 is 9.88 Å². The monoisotopic (exact) mass is 366 g/mol. The Bertz CT molecular complexity index is 916. The van der Waals surface area contributed by atoms with Crippen molar-refractivity contribution in [3.63, 3.8) is 0 Å². The highest BCUT2D eigenvalue weighted by atomic mass is 19.1. The summed E-state index contributed by atoms with van der Waals surface area (Å²) in [6.45, 7) is 2.83. The van der Waals surface area contributed by atoms with Crippen LogP contribution in [0, 0.1) is 5.82 Å². The number of nitrogens with zero attached hydrogens (tertiary/aromatic N) is 1. The predicted molar refractivity (Wildman–Crippen MR) is 108 cm³/mol. The molecule has 3 rings (SSSR count). The summed E-state index contributed by atoms with van der Waals surface area (Å²) >= 11 is 0. The summed E-state index contributed by atoms with van der Waals surface area (Å²) in [6.07, 6.45) is 5.59. The number of nitrogens with one attached hydrogen (secondary N) is 1. The van der Waals surface area contributed by atoms with Gasteiger partial charge in [-0.3, -0.25) is 4.79 Å². The number of rotatable bonds is 8. The van der Waals surface area contributed by atoms with E-state index >= 15 is 0 Å². The quantitative estimate of drug-likeness (QED) is 0.550. The molecule has 1 amide bonds. The molecule has 0 saturated heterocycles. The smallest absolute Gasteiger partial charge is 0.220 e. The van der Waals surface area contributed by atoms with Crippen molar-refractivity contribution in [3.05, 3.63) is 71.7 Å². The van der Waals surface area contributed by atoms with Crippen LogP contribution in [0.15, 0.2) is 54.7 Å². The van der Waals surface area contributed by atoms with Crippen LogP contribution in [0.5, 0.6) is 0 Å². The van der Waals surface area contributed by atoms with Crippen LogP contribution in [-0.2, 0) is 11.8 Å². The number of unbranched alkanes of at least 4 members (excludes halogenated alkanes) is 2. The first kappa shape index (κ1) is 19.2. The molecule has 0 aliphatic heterocycles. The SMILES string of the molecule is CCCCCNC(=O)CC(c1cccc(F)c1)c1cn(C)c2ccccc12. The summed E-state index contributed by atoms with van der Waals surface area (Å²) in [6, 6.07) is 14.7. The minimum atomic E-state index is -0.277. The highest BCUT2D eigenvalue weighted by Crippen LogP contribution is 2.34. The van der Waals surface area contributed by atoms with Gasteiger partial charge in [0.1, 0.15) is 5.82 Å². The van der Waals surface area contributed by atoms with E-state index in [1.54, 1.807) is 6.07 Å². The lowest BCUT2D eigenvalue weighted by atomic mass is 9.88. The molecule has 27 heavy (non-hydrogen) atoms. The van der Waals surface area contributed by atoms with Crippen LogP contribution in [0.25, 0.3) is 10.9 Å². The number of hydrogen-bond donors (Lipinski definition) is 1. The van der Waals surface area contributed by atoms with Crippen LogP contribution < -0.4 is 5.32 Å². The number of para-hydroxylation sites is 1. The van der Waals surface area contributed by atoms with Gasteiger partial charge in [0, 0.05) is 43.0 Å². The molecular weight excluding hydrogens is 339 g/mol. The van der Waals surface area contributed by atoms with Crippen molar-refractivity contribution in [2.75, 3.05) is 6.54 Å². The summed E-state index contributed by atoms with van der Waals surface area (Å²) in [5.74, 6) is -0.452. The fourth-order valence-electron chi connectivity index (χ4n) is 3.64. The average molecular weight is 366 g/mol. The Labute approximate surface area is 160 Å². The lowest BCUT2D eigenvalue weighted by Crippen LogP contribution is -2.26. The topological polar surface area (TPSA) is 34.0 Å². The summed E-state index contributed by atoms with van der Waals surface area (Å²) < 4.78 is 15.9. The second kappa shape index (κ2) is 8.85. The molecule has 1 N–H and O–H groups in total. The van der Waals surface area contributed by atoms with E-state index in [4.69, 9.17) is 0 Å². The molecular formula is C23H27FN2O. The standard InChI is InChI=1S/C23H27FN2O/c1-3-4-7-13-25-23(27)15-20(17-9-8-10-18(24)14-17)21-16-26(2)22-12-6-5-11-19(21)22/h5-6,8-12,14,16,20H,3-4,7,13,15H2,1-2H3,(H,25,27). The minimum Gasteiger partial charge on any atom is -0.356 e. The number of halogens is 1. The maximum absolute atomic E-state index is 13.9. The van der Waals surface area contributed by atoms with Gasteiger partial charge in [0.25, 0.3) is 0 Å². The first-order valence-electron chi connectivity index (χ1n) is 9.66. The molecule has 1 aromatic heterocycles. The van der Waals surface area contributed by atoms with Gasteiger partial charge in [-0.1, -0.05) is 50.1 Å². The van der Waals surface area contributed by atoms with Gasteiger partial charge in [0.15, 0.2) is 0 Å². The normalized spacial score (nSPS) is 12.3. The molecule has 1 heterocycles. The fourth-order valence-corrected chi connectivity index (χ4v) is 3.64. The van der Waals surface area contributed by atoms with E-state index < -0.39 is 0 Å². The van der Waals surface area contributed by atoms with Crippen molar-refractivity contribution >= 4 is 16.8 Å². The molecule has 3 nitrogen and oxygen atoms in total. The number of carbonyl (C=O) groups is 1. The van der Waals surface area contributed by atoms with E-state index in [-0.39, 0.29) is 17.6 Å². The lowest BCUT2D eigenvalue weighted by molar-refractivity contribution is -0.121. The molecule has 142 valence electrons. The fraction of sp³-hybridized carbons (Fsp3) is 0.348. The van der Waals surface area contributed by atoms with Crippen molar-refractivity contribution < 1.29 is 9.18 Å². The molecule has 0 spiro atoms. The summed E-state index contributed by atoms with van der Waals surface area (Å²) in [4.78, 5) is 12.6. The van der Waals surface area contributed by atoms with E-state index in [2.05, 4.69) is 35.1 Å². The molecule has 3 aromatic rings. The third-order valence-corrected chi connectivity index (χ3v) is 5.05. The maximum Gasteiger partial charge on any atom is 0.220 e. The van der Waals surface area contributed by atoms with E-state index in [0.29, 0.717) is 13.0 Å². The zero-order valence-corrected chi connectivity index (χ0v) is 16.0. The predicted octanol–water partition coefficient (Wildman–Crippen LogP) is 5.15. The Hall–Kier alpha value is -2.62. The highest BCUT2D eigenvalue weighted by Gasteiger charge is 2.22. The molecule has 0 saturated carbocycles. The van der Waals surface area contributed by atoms with Crippen LogP contribution in [0.1, 0.15) is 49.7 Å². The Morgan fingerprint density at radius 3 is 2.74 bits per heavy atom. The zero-order chi connectivity index (χ0) is 19.2. The van der Waals surface area contributed by atoms with Crippen molar-refractivity contribution in [1.29, 1.82) is 0 Å². The second-order valence-corrected chi connectivity index (χ2v) is 7.08. The van der Waals surface area contributed by atoms with Crippen molar-refractivity contribution in [3.8, 4) is 0 Å². The van der Waals surface area contributed by atoms with Gasteiger partial charge in [0.05, 0.1) is 0 Å². The molecule has 0 aliphatic carbocycles. The Kier molecular flexibility index (Phi) is 6.28. The molecule has 0 fully saturated rings. The Morgan fingerprint density at radius 1 is 1.15 bits per heavy atom. The molecule has 0 aliphatic rings. The largest absolute Gasteiger partial charge is 0.356 e. The van der Waals surface area contributed by atoms with Gasteiger partial charge in [-0.15, -0.1) is 0 Å². The summed E-state index contributed by atoms with van der Waals surface area (Å²) in [5.41, 5.74) is 3.00. The van der Waals surface area contributed by atoms with Gasteiger partial charge in [-0.25, -0.2) is 4.39 Å². The minimum absolute atomic E-state index is 0.00768. The number of fused-ring (bicyclic) bond motifs is 1. The number of benzene rings is 2. The van der Waals surface area contributed by atoms with Crippen LogP contribution >= 0.6 is 0 Å². The van der Waals surface area contributed by atoms with E-state index in [1.165, 1.54) is 12.1 Å². The molecule has 0 bridgehead atoms. The van der Waals surface area contributed by atoms with Crippen LogP contribution in [0.2, 0.25) is 0 Å². The molecule has 0 radical (unpaired) electrons. The second-order valence-electron chi connectivity index (χ2n) is 7.08. The molecule has 4 heteroatoms. The zero-order valence-electron chi connectivity index (χ0n) is 16.0. The van der Waals surface area contributed by atoms with Crippen molar-refractivity contribution in [2.24, 2.45) is 7.05 Å². The third-order valence-electron chi connectivity index (χ3n) is 5.05. The van der Waals surface area contributed by atoms with E-state index in [1.807, 2.05) is 25.2 Å². The van der Waals surface area contributed by atoms with Gasteiger partial charge in [0.2, 0.25) is 5.91 Å². The van der Waals surface area contributed by atoms with Crippen LogP contribution in [-0.4, -0.2) is 17.0 Å². The maximum atomic E-state index is 13.9. The van der Waals surface area contributed by atoms with Crippen LogP contribution in [0.3, 0.4) is 0 Å². The Balaban J connectivity index is 1.92. The average Bonchev–Trinajstić information content (AvgIpc) is 3.00. The van der Waals surface area contributed by atoms with E-state index in [9.17, 15) is 9.18 Å². The number of amides is 1. The third kappa shape index (κ3) is 4.57. The van der Waals surface area contributed by atoms with Gasteiger partial charge >= 0.3 is 0 Å². The summed E-state index contributed by atoms with van der Waals surface area (Å²) in [5, 5.41) is 4.12. The first-order chi connectivity index (χ1) is 13.1. The number of carbonyl (C=O) groups excluding carboxylic acids is 1.